The number of hydrogen-bond donors (Lipinski definition) is 1. The highest BCUT2D eigenvalue weighted by Crippen LogP contribution is 2.11. The Morgan fingerprint density at radius 1 is 1.53 bits per heavy atom. The van der Waals surface area contributed by atoms with E-state index >= 15 is 0 Å². The molecule has 1 aliphatic rings. The summed E-state index contributed by atoms with van der Waals surface area (Å²) in [5, 5.41) is 7.60. The van der Waals surface area contributed by atoms with Crippen LogP contribution in [0.1, 0.15) is 33.1 Å². The summed E-state index contributed by atoms with van der Waals surface area (Å²) in [4.78, 5) is 14.3. The van der Waals surface area contributed by atoms with E-state index < -0.39 is 0 Å². The minimum atomic E-state index is 0.145. The Balaban J connectivity index is 1.92. The van der Waals surface area contributed by atoms with Crippen LogP contribution in [0.25, 0.3) is 0 Å². The summed E-state index contributed by atoms with van der Waals surface area (Å²) in [6, 6.07) is 2.51. The second-order valence-corrected chi connectivity index (χ2v) is 5.49. The van der Waals surface area contributed by atoms with E-state index in [2.05, 4.69) is 24.3 Å². The van der Waals surface area contributed by atoms with Crippen molar-refractivity contribution < 1.29 is 4.79 Å². The van der Waals surface area contributed by atoms with E-state index in [0.29, 0.717) is 12.6 Å². The molecule has 2 rings (SSSR count). The van der Waals surface area contributed by atoms with Crippen molar-refractivity contribution >= 4 is 5.91 Å². The second kappa shape index (κ2) is 6.70. The Hall–Kier alpha value is -1.36. The zero-order valence-electron chi connectivity index (χ0n) is 11.9. The highest BCUT2D eigenvalue weighted by atomic mass is 16.2. The van der Waals surface area contributed by atoms with Crippen LogP contribution >= 0.6 is 0 Å². The highest BCUT2D eigenvalue weighted by molar-refractivity contribution is 5.76. The van der Waals surface area contributed by atoms with Gasteiger partial charge >= 0.3 is 0 Å². The van der Waals surface area contributed by atoms with E-state index in [4.69, 9.17) is 0 Å². The van der Waals surface area contributed by atoms with E-state index in [0.717, 1.165) is 19.5 Å². The van der Waals surface area contributed by atoms with Crippen LogP contribution in [0.5, 0.6) is 0 Å². The van der Waals surface area contributed by atoms with Gasteiger partial charge < -0.3 is 10.2 Å². The molecule has 1 aromatic rings. The number of aromatic nitrogens is 2. The zero-order chi connectivity index (χ0) is 13.7. The predicted octanol–water partition coefficient (Wildman–Crippen LogP) is 1.26. The second-order valence-electron chi connectivity index (χ2n) is 5.49. The third-order valence-corrected chi connectivity index (χ3v) is 3.63. The number of nitrogens with zero attached hydrogens (tertiary/aromatic N) is 3. The number of rotatable bonds is 5. The van der Waals surface area contributed by atoms with Gasteiger partial charge in [-0.15, -0.1) is 0 Å². The van der Waals surface area contributed by atoms with Crippen LogP contribution in [0, 0.1) is 0 Å². The molecule has 0 aromatic carbocycles. The molecule has 1 saturated heterocycles. The van der Waals surface area contributed by atoms with E-state index in [1.54, 1.807) is 10.9 Å². The minimum Gasteiger partial charge on any atom is -0.337 e. The van der Waals surface area contributed by atoms with Crippen LogP contribution in [-0.4, -0.2) is 45.8 Å². The molecule has 0 radical (unpaired) electrons. The summed E-state index contributed by atoms with van der Waals surface area (Å²) >= 11 is 0. The highest BCUT2D eigenvalue weighted by Gasteiger charge is 2.22. The first-order chi connectivity index (χ1) is 9.16. The molecule has 0 aliphatic carbocycles. The van der Waals surface area contributed by atoms with Gasteiger partial charge in [0.1, 0.15) is 6.54 Å². The summed E-state index contributed by atoms with van der Waals surface area (Å²) in [6.45, 7) is 6.35. The molecular formula is C14H24N4O. The van der Waals surface area contributed by atoms with Crippen LogP contribution < -0.4 is 5.32 Å². The summed E-state index contributed by atoms with van der Waals surface area (Å²) in [5.74, 6) is 0.145. The lowest BCUT2D eigenvalue weighted by molar-refractivity contribution is -0.134. The minimum absolute atomic E-state index is 0.145. The van der Waals surface area contributed by atoms with Crippen LogP contribution in [0.4, 0.5) is 0 Å². The number of amides is 1. The molecule has 0 spiro atoms. The van der Waals surface area contributed by atoms with Crippen molar-refractivity contribution in [2.75, 3.05) is 13.1 Å². The van der Waals surface area contributed by atoms with Gasteiger partial charge in [0.25, 0.3) is 0 Å². The molecule has 1 aromatic heterocycles. The summed E-state index contributed by atoms with van der Waals surface area (Å²) in [5.41, 5.74) is 0. The summed E-state index contributed by atoms with van der Waals surface area (Å²) in [7, 11) is 0. The zero-order valence-corrected chi connectivity index (χ0v) is 11.9. The number of carbonyl (C=O) groups excluding carboxylic acids is 1. The average molecular weight is 264 g/mol. The molecule has 0 bridgehead atoms. The standard InChI is InChI=1S/C14H24N4O/c1-12(2)18(10-13-6-3-4-7-15-13)14(19)11-17-9-5-8-16-17/h5,8-9,12-13,15H,3-4,6-7,10-11H2,1-2H3. The maximum absolute atomic E-state index is 12.4. The quantitative estimate of drug-likeness (QED) is 0.871. The first-order valence-electron chi connectivity index (χ1n) is 7.17. The van der Waals surface area contributed by atoms with Gasteiger partial charge in [-0.25, -0.2) is 0 Å². The Kier molecular flexibility index (Phi) is 4.96. The monoisotopic (exact) mass is 264 g/mol. The number of carbonyl (C=O) groups is 1. The van der Waals surface area contributed by atoms with Gasteiger partial charge in [-0.05, 0) is 39.3 Å². The average Bonchev–Trinajstić information content (AvgIpc) is 2.89. The fourth-order valence-electron chi connectivity index (χ4n) is 2.54. The Morgan fingerprint density at radius 2 is 2.37 bits per heavy atom. The molecule has 5 nitrogen and oxygen atoms in total. The lowest BCUT2D eigenvalue weighted by atomic mass is 10.0. The summed E-state index contributed by atoms with van der Waals surface area (Å²) in [6.07, 6.45) is 7.21. The van der Waals surface area contributed by atoms with Crippen molar-refractivity contribution in [1.82, 2.24) is 20.0 Å². The van der Waals surface area contributed by atoms with Crippen LogP contribution in [0.15, 0.2) is 18.5 Å². The van der Waals surface area contributed by atoms with Crippen LogP contribution in [0.3, 0.4) is 0 Å². The molecule has 2 heterocycles. The Labute approximate surface area is 115 Å². The van der Waals surface area contributed by atoms with E-state index in [9.17, 15) is 4.79 Å². The van der Waals surface area contributed by atoms with Gasteiger partial charge in [-0.1, -0.05) is 6.42 Å². The fraction of sp³-hybridized carbons (Fsp3) is 0.714. The molecule has 19 heavy (non-hydrogen) atoms. The molecular weight excluding hydrogens is 240 g/mol. The third-order valence-electron chi connectivity index (χ3n) is 3.63. The molecule has 1 fully saturated rings. The normalized spacial score (nSPS) is 19.6. The maximum Gasteiger partial charge on any atom is 0.244 e. The fourth-order valence-corrected chi connectivity index (χ4v) is 2.54. The SMILES string of the molecule is CC(C)N(CC1CCCCN1)C(=O)Cn1cccn1. The third kappa shape index (κ3) is 4.06. The molecule has 0 saturated carbocycles. The number of nitrogens with one attached hydrogen (secondary N) is 1. The van der Waals surface area contributed by atoms with Crippen molar-refractivity contribution in [3.05, 3.63) is 18.5 Å². The van der Waals surface area contributed by atoms with Gasteiger partial charge in [0.15, 0.2) is 0 Å². The van der Waals surface area contributed by atoms with Gasteiger partial charge in [0.05, 0.1) is 0 Å². The number of piperidine rings is 1. The lowest BCUT2D eigenvalue weighted by Gasteiger charge is -2.33. The van der Waals surface area contributed by atoms with Crippen molar-refractivity contribution in [3.63, 3.8) is 0 Å². The molecule has 1 aliphatic heterocycles. The molecule has 106 valence electrons. The maximum atomic E-state index is 12.4. The van der Waals surface area contributed by atoms with Crippen molar-refractivity contribution in [2.24, 2.45) is 0 Å². The first-order valence-corrected chi connectivity index (χ1v) is 7.17. The first kappa shape index (κ1) is 14.1. The predicted molar refractivity (Wildman–Crippen MR) is 74.7 cm³/mol. The summed E-state index contributed by atoms with van der Waals surface area (Å²) < 4.78 is 1.69. The lowest BCUT2D eigenvalue weighted by Crippen LogP contribution is -2.49. The molecule has 1 amide bonds. The Morgan fingerprint density at radius 3 is 2.95 bits per heavy atom. The molecule has 5 heteroatoms. The van der Waals surface area contributed by atoms with Gasteiger partial charge in [0, 0.05) is 31.0 Å². The van der Waals surface area contributed by atoms with E-state index in [-0.39, 0.29) is 11.9 Å². The Bertz CT molecular complexity index is 382. The van der Waals surface area contributed by atoms with Gasteiger partial charge in [0.2, 0.25) is 5.91 Å². The number of hydrogen-bond acceptors (Lipinski definition) is 3. The molecule has 1 N–H and O–H groups in total. The van der Waals surface area contributed by atoms with Crippen molar-refractivity contribution in [3.8, 4) is 0 Å². The van der Waals surface area contributed by atoms with Crippen molar-refractivity contribution in [1.29, 1.82) is 0 Å². The topological polar surface area (TPSA) is 50.2 Å². The van der Waals surface area contributed by atoms with Crippen LogP contribution in [0.2, 0.25) is 0 Å². The molecule has 1 atom stereocenters. The van der Waals surface area contributed by atoms with E-state index in [1.807, 2.05) is 17.2 Å². The largest absolute Gasteiger partial charge is 0.337 e. The smallest absolute Gasteiger partial charge is 0.244 e. The van der Waals surface area contributed by atoms with Gasteiger partial charge in [-0.2, -0.15) is 5.10 Å². The van der Waals surface area contributed by atoms with Crippen LogP contribution in [-0.2, 0) is 11.3 Å². The van der Waals surface area contributed by atoms with E-state index in [1.165, 1.54) is 12.8 Å². The van der Waals surface area contributed by atoms with Gasteiger partial charge in [-0.3, -0.25) is 9.48 Å². The van der Waals surface area contributed by atoms with Crippen molar-refractivity contribution in [2.45, 2.75) is 51.7 Å². The molecule has 1 unspecified atom stereocenters.